The molecule has 0 spiro atoms. The standard InChI is InChI=1S/C25H27N3O6/c1-25(17-6-8-20-22(13-17)34-15-33-20)23(29)28(24(30)26-25)14-27-9-2-4-18(27)16-5-7-19-21(12-16)32-11-3-10-31-19/h5-8,12-13,18H,2-4,9-11,14-15H2,1H3,(H,26,30)/t18-,25+/m1/s1. The molecule has 0 aliphatic carbocycles. The molecule has 2 aromatic carbocycles. The van der Waals surface area contributed by atoms with Gasteiger partial charge in [0.2, 0.25) is 6.79 Å². The molecular formula is C25H27N3O6. The van der Waals surface area contributed by atoms with Gasteiger partial charge >= 0.3 is 6.03 Å². The summed E-state index contributed by atoms with van der Waals surface area (Å²) in [5.41, 5.74) is 0.605. The number of imide groups is 1. The highest BCUT2D eigenvalue weighted by molar-refractivity contribution is 6.07. The molecule has 6 rings (SSSR count). The normalized spacial score (nSPS) is 26.0. The first-order chi connectivity index (χ1) is 16.5. The molecule has 4 heterocycles. The van der Waals surface area contributed by atoms with Crippen LogP contribution in [0.2, 0.25) is 0 Å². The van der Waals surface area contributed by atoms with Crippen molar-refractivity contribution < 1.29 is 28.5 Å². The minimum Gasteiger partial charge on any atom is -0.490 e. The summed E-state index contributed by atoms with van der Waals surface area (Å²) in [6, 6.07) is 11.1. The maximum atomic E-state index is 13.5. The number of urea groups is 1. The second kappa shape index (κ2) is 8.09. The maximum absolute atomic E-state index is 13.5. The quantitative estimate of drug-likeness (QED) is 0.694. The molecule has 4 aliphatic heterocycles. The average Bonchev–Trinajstić information content (AvgIpc) is 3.50. The van der Waals surface area contributed by atoms with Crippen LogP contribution < -0.4 is 24.3 Å². The van der Waals surface area contributed by atoms with Gasteiger partial charge in [0.15, 0.2) is 23.0 Å². The fourth-order valence-corrected chi connectivity index (χ4v) is 5.17. The number of nitrogens with zero attached hydrogens (tertiary/aromatic N) is 2. The van der Waals surface area contributed by atoms with Crippen LogP contribution in [-0.4, -0.2) is 55.0 Å². The lowest BCUT2D eigenvalue weighted by molar-refractivity contribution is -0.132. The maximum Gasteiger partial charge on any atom is 0.326 e. The van der Waals surface area contributed by atoms with Gasteiger partial charge in [-0.1, -0.05) is 12.1 Å². The topological polar surface area (TPSA) is 89.6 Å². The number of fused-ring (bicyclic) bond motifs is 2. The van der Waals surface area contributed by atoms with E-state index in [1.807, 2.05) is 12.1 Å². The monoisotopic (exact) mass is 465 g/mol. The zero-order valence-electron chi connectivity index (χ0n) is 19.0. The van der Waals surface area contributed by atoms with Crippen molar-refractivity contribution in [3.05, 3.63) is 47.5 Å². The van der Waals surface area contributed by atoms with Crippen molar-refractivity contribution in [2.24, 2.45) is 0 Å². The fourth-order valence-electron chi connectivity index (χ4n) is 5.17. The Bertz CT molecular complexity index is 1150. The van der Waals surface area contributed by atoms with Gasteiger partial charge < -0.3 is 24.3 Å². The SMILES string of the molecule is C[C@@]1(c2ccc3c(c2)OCO3)NC(=O)N(CN2CCC[C@@H]2c2ccc3c(c2)OCCCO3)C1=O. The summed E-state index contributed by atoms with van der Waals surface area (Å²) in [4.78, 5) is 29.9. The second-order valence-corrected chi connectivity index (χ2v) is 9.22. The summed E-state index contributed by atoms with van der Waals surface area (Å²) < 4.78 is 22.5. The lowest BCUT2D eigenvalue weighted by Crippen LogP contribution is -2.43. The van der Waals surface area contributed by atoms with E-state index in [1.165, 1.54) is 4.90 Å². The van der Waals surface area contributed by atoms with Crippen LogP contribution in [0, 0.1) is 0 Å². The molecule has 0 unspecified atom stereocenters. The lowest BCUT2D eigenvalue weighted by atomic mass is 9.92. The molecule has 34 heavy (non-hydrogen) atoms. The third kappa shape index (κ3) is 3.42. The van der Waals surface area contributed by atoms with Gasteiger partial charge in [0.1, 0.15) is 5.54 Å². The minimum absolute atomic E-state index is 0.0927. The number of hydrogen-bond donors (Lipinski definition) is 1. The predicted molar refractivity (Wildman–Crippen MR) is 121 cm³/mol. The summed E-state index contributed by atoms with van der Waals surface area (Å²) in [6.45, 7) is 4.19. The number of nitrogens with one attached hydrogen (secondary N) is 1. The van der Waals surface area contributed by atoms with Gasteiger partial charge in [-0.15, -0.1) is 0 Å². The Balaban J connectivity index is 1.22. The van der Waals surface area contributed by atoms with Crippen LogP contribution >= 0.6 is 0 Å². The van der Waals surface area contributed by atoms with Crippen LogP contribution in [0.25, 0.3) is 0 Å². The van der Waals surface area contributed by atoms with Gasteiger partial charge in [-0.05, 0) is 55.2 Å². The molecule has 2 atom stereocenters. The van der Waals surface area contributed by atoms with Crippen molar-refractivity contribution >= 4 is 11.9 Å². The number of benzene rings is 2. The Labute approximate surface area is 197 Å². The van der Waals surface area contributed by atoms with E-state index in [2.05, 4.69) is 16.3 Å². The number of rotatable bonds is 4. The van der Waals surface area contributed by atoms with Crippen LogP contribution in [0.3, 0.4) is 0 Å². The Kier molecular flexibility index (Phi) is 5.02. The fraction of sp³-hybridized carbons (Fsp3) is 0.440. The van der Waals surface area contributed by atoms with Gasteiger partial charge in [-0.2, -0.15) is 0 Å². The van der Waals surface area contributed by atoms with Crippen LogP contribution in [0.1, 0.15) is 43.4 Å². The molecule has 0 saturated carbocycles. The molecular weight excluding hydrogens is 438 g/mol. The molecule has 0 radical (unpaired) electrons. The highest BCUT2D eigenvalue weighted by atomic mass is 16.7. The zero-order valence-corrected chi connectivity index (χ0v) is 19.0. The molecule has 2 fully saturated rings. The van der Waals surface area contributed by atoms with Crippen molar-refractivity contribution in [1.82, 2.24) is 15.1 Å². The summed E-state index contributed by atoms with van der Waals surface area (Å²) in [5.74, 6) is 2.46. The molecule has 9 nitrogen and oxygen atoms in total. The summed E-state index contributed by atoms with van der Waals surface area (Å²) in [5, 5.41) is 2.89. The van der Waals surface area contributed by atoms with Crippen LogP contribution in [0.5, 0.6) is 23.0 Å². The zero-order chi connectivity index (χ0) is 23.3. The second-order valence-electron chi connectivity index (χ2n) is 9.22. The number of ether oxygens (including phenoxy) is 4. The van der Waals surface area contributed by atoms with Crippen molar-refractivity contribution in [1.29, 1.82) is 0 Å². The van der Waals surface area contributed by atoms with Gasteiger partial charge in [0, 0.05) is 19.0 Å². The Morgan fingerprint density at radius 1 is 0.941 bits per heavy atom. The Morgan fingerprint density at radius 3 is 2.56 bits per heavy atom. The highest BCUT2D eigenvalue weighted by Crippen LogP contribution is 2.40. The molecule has 4 aliphatic rings. The third-order valence-corrected chi connectivity index (χ3v) is 7.07. The molecule has 178 valence electrons. The molecule has 3 amide bonds. The van der Waals surface area contributed by atoms with E-state index in [9.17, 15) is 9.59 Å². The van der Waals surface area contributed by atoms with Crippen molar-refractivity contribution in [2.45, 2.75) is 37.8 Å². The van der Waals surface area contributed by atoms with Crippen molar-refractivity contribution in [2.75, 3.05) is 33.2 Å². The smallest absolute Gasteiger partial charge is 0.326 e. The highest BCUT2D eigenvalue weighted by Gasteiger charge is 2.50. The van der Waals surface area contributed by atoms with Gasteiger partial charge in [-0.3, -0.25) is 9.69 Å². The van der Waals surface area contributed by atoms with Crippen LogP contribution in [0.15, 0.2) is 36.4 Å². The summed E-state index contributed by atoms with van der Waals surface area (Å²) >= 11 is 0. The third-order valence-electron chi connectivity index (χ3n) is 7.07. The number of amides is 3. The van der Waals surface area contributed by atoms with Crippen LogP contribution in [-0.2, 0) is 10.3 Å². The van der Waals surface area contributed by atoms with Gasteiger partial charge in [0.05, 0.1) is 19.9 Å². The number of carbonyl (C=O) groups is 2. The molecule has 9 heteroatoms. The number of hydrogen-bond acceptors (Lipinski definition) is 7. The summed E-state index contributed by atoms with van der Waals surface area (Å²) in [6.07, 6.45) is 2.79. The van der Waals surface area contributed by atoms with E-state index >= 15 is 0 Å². The lowest BCUT2D eigenvalue weighted by Gasteiger charge is -2.29. The molecule has 0 aromatic heterocycles. The van der Waals surface area contributed by atoms with Gasteiger partial charge in [-0.25, -0.2) is 9.69 Å². The largest absolute Gasteiger partial charge is 0.490 e. The van der Waals surface area contributed by atoms with Gasteiger partial charge in [0.25, 0.3) is 5.91 Å². The van der Waals surface area contributed by atoms with Crippen molar-refractivity contribution in [3.63, 3.8) is 0 Å². The average molecular weight is 466 g/mol. The minimum atomic E-state index is -1.16. The van der Waals surface area contributed by atoms with Crippen molar-refractivity contribution in [3.8, 4) is 23.0 Å². The van der Waals surface area contributed by atoms with E-state index in [-0.39, 0.29) is 25.4 Å². The first kappa shape index (κ1) is 21.1. The van der Waals surface area contributed by atoms with E-state index in [0.717, 1.165) is 42.9 Å². The van der Waals surface area contributed by atoms with E-state index in [0.29, 0.717) is 30.3 Å². The predicted octanol–water partition coefficient (Wildman–Crippen LogP) is 3.14. The van der Waals surface area contributed by atoms with E-state index in [4.69, 9.17) is 18.9 Å². The number of likely N-dealkylation sites (tertiary alicyclic amines) is 1. The number of carbonyl (C=O) groups excluding carboxylic acids is 2. The first-order valence-electron chi connectivity index (χ1n) is 11.7. The van der Waals surface area contributed by atoms with E-state index in [1.54, 1.807) is 25.1 Å². The molecule has 2 saturated heterocycles. The Hall–Kier alpha value is -3.46. The molecule has 2 aromatic rings. The summed E-state index contributed by atoms with van der Waals surface area (Å²) in [7, 11) is 0. The molecule has 1 N–H and O–H groups in total. The van der Waals surface area contributed by atoms with Crippen LogP contribution in [0.4, 0.5) is 4.79 Å². The Morgan fingerprint density at radius 2 is 1.68 bits per heavy atom. The molecule has 0 bridgehead atoms. The first-order valence-corrected chi connectivity index (χ1v) is 11.7. The van der Waals surface area contributed by atoms with E-state index < -0.39 is 11.6 Å².